The van der Waals surface area contributed by atoms with Gasteiger partial charge in [-0.15, -0.1) is 0 Å². The van der Waals surface area contributed by atoms with Gasteiger partial charge in [-0.1, -0.05) is 0 Å². The second-order valence-corrected chi connectivity index (χ2v) is 3.18. The van der Waals surface area contributed by atoms with Gasteiger partial charge in [-0.05, 0) is 0 Å². The van der Waals surface area contributed by atoms with Crippen LogP contribution >= 0.6 is 0 Å². The molecule has 2 heterocycles. The van der Waals surface area contributed by atoms with Crippen molar-refractivity contribution in [3.8, 4) is 0 Å². The summed E-state index contributed by atoms with van der Waals surface area (Å²) < 4.78 is 1.14. The number of carbonyl (C=O) groups is 3. The molecule has 0 spiro atoms. The van der Waals surface area contributed by atoms with Crippen molar-refractivity contribution in [3.63, 3.8) is 0 Å². The van der Waals surface area contributed by atoms with E-state index in [0.29, 0.717) is 0 Å². The van der Waals surface area contributed by atoms with E-state index in [2.05, 4.69) is 10.4 Å². The lowest BCUT2D eigenvalue weighted by atomic mass is 10.4. The van der Waals surface area contributed by atoms with E-state index < -0.39 is 12.0 Å². The van der Waals surface area contributed by atoms with Gasteiger partial charge in [0, 0.05) is 6.20 Å². The third-order valence-corrected chi connectivity index (χ3v) is 2.02. The summed E-state index contributed by atoms with van der Waals surface area (Å²) in [4.78, 5) is 33.9. The highest BCUT2D eigenvalue weighted by molar-refractivity contribution is 6.19. The van der Waals surface area contributed by atoms with Crippen LogP contribution in [0.2, 0.25) is 0 Å². The maximum Gasteiger partial charge on any atom is 0.329 e. The van der Waals surface area contributed by atoms with Gasteiger partial charge in [-0.3, -0.25) is 14.3 Å². The van der Waals surface area contributed by atoms with Crippen molar-refractivity contribution in [2.75, 3.05) is 11.4 Å². The fourth-order valence-electron chi connectivity index (χ4n) is 1.38. The number of rotatable bonds is 3. The topological polar surface area (TPSA) is 105 Å². The van der Waals surface area contributed by atoms with Crippen LogP contribution in [0.25, 0.3) is 0 Å². The Bertz CT molecular complexity index is 450. The number of aromatic nitrogens is 2. The van der Waals surface area contributed by atoms with Crippen LogP contribution in [0, 0.1) is 0 Å². The number of carbonyl (C=O) groups excluding carboxylic acids is 2. The molecule has 8 heteroatoms. The molecule has 2 N–H and O–H groups in total. The Labute approximate surface area is 89.4 Å². The van der Waals surface area contributed by atoms with Crippen LogP contribution in [0.5, 0.6) is 0 Å². The maximum atomic E-state index is 11.3. The van der Waals surface area contributed by atoms with Gasteiger partial charge in [0.05, 0.1) is 18.4 Å². The van der Waals surface area contributed by atoms with Crippen molar-refractivity contribution in [2.45, 2.75) is 6.54 Å². The lowest BCUT2D eigenvalue weighted by Gasteiger charge is -2.07. The minimum absolute atomic E-state index is 0.0526. The fourth-order valence-corrected chi connectivity index (χ4v) is 1.38. The predicted molar refractivity (Wildman–Crippen MR) is 50.7 cm³/mol. The molecule has 1 aromatic heterocycles. The average molecular weight is 224 g/mol. The molecule has 0 atom stereocenters. The molecule has 3 amide bonds. The molecule has 0 aliphatic carbocycles. The largest absolute Gasteiger partial charge is 0.480 e. The number of imide groups is 1. The van der Waals surface area contributed by atoms with Gasteiger partial charge in [0.1, 0.15) is 6.54 Å². The van der Waals surface area contributed by atoms with Crippen LogP contribution in [0.1, 0.15) is 0 Å². The molecule has 0 unspecified atom stereocenters. The lowest BCUT2D eigenvalue weighted by Crippen LogP contribution is -2.30. The molecule has 2 rings (SSSR count). The van der Waals surface area contributed by atoms with Crippen LogP contribution in [0.15, 0.2) is 12.4 Å². The Morgan fingerprint density at radius 2 is 2.31 bits per heavy atom. The molecule has 0 radical (unpaired) electrons. The molecule has 0 aromatic carbocycles. The maximum absolute atomic E-state index is 11.3. The summed E-state index contributed by atoms with van der Waals surface area (Å²) in [5.74, 6) is -1.44. The van der Waals surface area contributed by atoms with E-state index in [4.69, 9.17) is 5.11 Å². The van der Waals surface area contributed by atoms with Crippen molar-refractivity contribution >= 4 is 23.6 Å². The number of hydrogen-bond acceptors (Lipinski definition) is 4. The third-order valence-electron chi connectivity index (χ3n) is 2.02. The monoisotopic (exact) mass is 224 g/mol. The highest BCUT2D eigenvalue weighted by atomic mass is 16.4. The SMILES string of the molecule is O=C(O)Cn1cc(N2C(=O)CNC2=O)cn1. The van der Waals surface area contributed by atoms with Crippen molar-refractivity contribution < 1.29 is 19.5 Å². The lowest BCUT2D eigenvalue weighted by molar-refractivity contribution is -0.137. The summed E-state index contributed by atoms with van der Waals surface area (Å²) in [5, 5.41) is 14.6. The molecule has 1 aliphatic rings. The first-order chi connectivity index (χ1) is 7.58. The van der Waals surface area contributed by atoms with E-state index in [1.54, 1.807) is 0 Å². The van der Waals surface area contributed by atoms with Crippen LogP contribution < -0.4 is 10.2 Å². The first kappa shape index (κ1) is 10.1. The van der Waals surface area contributed by atoms with Crippen molar-refractivity contribution in [2.24, 2.45) is 0 Å². The Balaban J connectivity index is 2.21. The summed E-state index contributed by atoms with van der Waals surface area (Å²) in [5.41, 5.74) is 0.265. The number of nitrogens with zero attached hydrogens (tertiary/aromatic N) is 3. The van der Waals surface area contributed by atoms with E-state index in [0.717, 1.165) is 9.58 Å². The van der Waals surface area contributed by atoms with Gasteiger partial charge in [0.25, 0.3) is 5.91 Å². The number of hydrogen-bond donors (Lipinski definition) is 2. The van der Waals surface area contributed by atoms with Gasteiger partial charge in [0.15, 0.2) is 0 Å². The molecule has 1 aromatic rings. The Morgan fingerprint density at radius 1 is 1.56 bits per heavy atom. The van der Waals surface area contributed by atoms with E-state index in [1.165, 1.54) is 12.4 Å². The van der Waals surface area contributed by atoms with Crippen LogP contribution in [0.4, 0.5) is 10.5 Å². The van der Waals surface area contributed by atoms with E-state index in [1.807, 2.05) is 0 Å². The zero-order chi connectivity index (χ0) is 11.7. The molecule has 0 bridgehead atoms. The molecule has 8 nitrogen and oxygen atoms in total. The summed E-state index contributed by atoms with van der Waals surface area (Å²) in [6.07, 6.45) is 2.60. The highest BCUT2D eigenvalue weighted by Crippen LogP contribution is 2.15. The molecule has 0 saturated carbocycles. The summed E-state index contributed by atoms with van der Waals surface area (Å²) in [6.45, 7) is -0.368. The van der Waals surface area contributed by atoms with Crippen LogP contribution in [-0.2, 0) is 16.1 Å². The Hall–Kier alpha value is -2.38. The van der Waals surface area contributed by atoms with E-state index in [9.17, 15) is 14.4 Å². The molecule has 1 saturated heterocycles. The first-order valence-electron chi connectivity index (χ1n) is 4.43. The minimum Gasteiger partial charge on any atom is -0.480 e. The molecular formula is C8H8N4O4. The highest BCUT2D eigenvalue weighted by Gasteiger charge is 2.30. The van der Waals surface area contributed by atoms with Gasteiger partial charge < -0.3 is 10.4 Å². The smallest absolute Gasteiger partial charge is 0.329 e. The average Bonchev–Trinajstić information content (AvgIpc) is 2.73. The quantitative estimate of drug-likeness (QED) is 0.642. The molecule has 1 aliphatic heterocycles. The fraction of sp³-hybridized carbons (Fsp3) is 0.250. The number of nitrogens with one attached hydrogen (secondary N) is 1. The van der Waals surface area contributed by atoms with Crippen molar-refractivity contribution in [1.82, 2.24) is 15.1 Å². The minimum atomic E-state index is -1.05. The molecule has 16 heavy (non-hydrogen) atoms. The normalized spacial score (nSPS) is 15.4. The number of urea groups is 1. The first-order valence-corrected chi connectivity index (χ1v) is 4.43. The summed E-state index contributed by atoms with van der Waals surface area (Å²) in [7, 11) is 0. The van der Waals surface area contributed by atoms with Gasteiger partial charge in [-0.25, -0.2) is 9.69 Å². The summed E-state index contributed by atoms with van der Waals surface area (Å²) >= 11 is 0. The number of amides is 3. The van der Waals surface area contributed by atoms with E-state index >= 15 is 0 Å². The second kappa shape index (κ2) is 3.65. The Morgan fingerprint density at radius 3 is 2.88 bits per heavy atom. The number of anilines is 1. The molecule has 1 fully saturated rings. The molecular weight excluding hydrogens is 216 g/mol. The van der Waals surface area contributed by atoms with E-state index in [-0.39, 0.29) is 24.7 Å². The van der Waals surface area contributed by atoms with Crippen molar-refractivity contribution in [1.29, 1.82) is 0 Å². The molecule has 84 valence electrons. The number of carboxylic acid groups (broad SMARTS) is 1. The van der Waals surface area contributed by atoms with Gasteiger partial charge >= 0.3 is 12.0 Å². The van der Waals surface area contributed by atoms with Crippen LogP contribution in [0.3, 0.4) is 0 Å². The standard InChI is InChI=1S/C8H8N4O4/c13-6-2-9-8(16)12(6)5-1-10-11(3-5)4-7(14)15/h1,3H,2,4H2,(H,9,16)(H,14,15). The zero-order valence-corrected chi connectivity index (χ0v) is 8.08. The predicted octanol–water partition coefficient (Wildman–Crippen LogP) is -0.976. The third kappa shape index (κ3) is 1.72. The zero-order valence-electron chi connectivity index (χ0n) is 8.08. The second-order valence-electron chi connectivity index (χ2n) is 3.18. The Kier molecular flexibility index (Phi) is 2.31. The van der Waals surface area contributed by atoms with Crippen molar-refractivity contribution in [3.05, 3.63) is 12.4 Å². The number of aliphatic carboxylic acids is 1. The number of carboxylic acids is 1. The van der Waals surface area contributed by atoms with Gasteiger partial charge in [0.2, 0.25) is 0 Å². The van der Waals surface area contributed by atoms with Gasteiger partial charge in [-0.2, -0.15) is 5.10 Å². The summed E-state index contributed by atoms with van der Waals surface area (Å²) in [6, 6.07) is -0.528. The van der Waals surface area contributed by atoms with Crippen LogP contribution in [-0.4, -0.2) is 39.3 Å².